The molecule has 1 unspecified atom stereocenters. The number of nitrogens with zero attached hydrogens (tertiary/aromatic N) is 1. The Bertz CT molecular complexity index is 948. The summed E-state index contributed by atoms with van der Waals surface area (Å²) < 4.78 is 0. The normalized spacial score (nSPS) is 12.2. The van der Waals surface area contributed by atoms with Crippen LogP contribution >= 0.6 is 0 Å². The van der Waals surface area contributed by atoms with Crippen LogP contribution in [0.3, 0.4) is 0 Å². The number of amidine groups is 1. The highest BCUT2D eigenvalue weighted by atomic mass is 16.1. The van der Waals surface area contributed by atoms with Crippen LogP contribution in [-0.4, -0.2) is 26.7 Å². The number of para-hydroxylation sites is 1. The SMILES string of the molecule is C=O.CC.CC.CCCC1N=C(CC(c2ccccc2)c2ccccc2)Nc2ccccc21.CCCCC.CNC. The summed E-state index contributed by atoms with van der Waals surface area (Å²) in [6.45, 7) is 16.7. The molecule has 0 fully saturated rings. The zero-order chi connectivity index (χ0) is 31.3. The van der Waals surface area contributed by atoms with Crippen molar-refractivity contribution in [3.63, 3.8) is 0 Å². The molecular formula is C37H59N3O. The number of hydrogen-bond donors (Lipinski definition) is 2. The van der Waals surface area contributed by atoms with Crippen molar-refractivity contribution in [1.82, 2.24) is 5.32 Å². The van der Waals surface area contributed by atoms with Crippen LogP contribution in [0.15, 0.2) is 89.9 Å². The number of carbonyl (C=O) groups is 1. The van der Waals surface area contributed by atoms with Gasteiger partial charge in [0, 0.05) is 23.6 Å². The van der Waals surface area contributed by atoms with Crippen LogP contribution in [0, 0.1) is 0 Å². The third-order valence-corrected chi connectivity index (χ3v) is 5.98. The minimum atomic E-state index is 0.259. The summed E-state index contributed by atoms with van der Waals surface area (Å²) in [6.07, 6.45) is 7.18. The summed E-state index contributed by atoms with van der Waals surface area (Å²) in [4.78, 5) is 13.1. The molecule has 2 N–H and O–H groups in total. The lowest BCUT2D eigenvalue weighted by molar-refractivity contribution is -0.0980. The number of rotatable bonds is 8. The molecule has 3 aromatic rings. The lowest BCUT2D eigenvalue weighted by atomic mass is 9.87. The van der Waals surface area contributed by atoms with Crippen molar-refractivity contribution >= 4 is 18.3 Å². The van der Waals surface area contributed by atoms with Crippen LogP contribution in [0.1, 0.15) is 116 Å². The molecule has 0 spiro atoms. The van der Waals surface area contributed by atoms with Gasteiger partial charge in [-0.15, -0.1) is 0 Å². The predicted molar refractivity (Wildman–Crippen MR) is 184 cm³/mol. The number of carbonyl (C=O) groups excluding carboxylic acids is 1. The number of fused-ring (bicyclic) bond motifs is 1. The van der Waals surface area contributed by atoms with Gasteiger partial charge in [0.15, 0.2) is 0 Å². The van der Waals surface area contributed by atoms with Gasteiger partial charge in [-0.1, -0.05) is 153 Å². The Labute approximate surface area is 253 Å². The van der Waals surface area contributed by atoms with Crippen LogP contribution in [0.4, 0.5) is 5.69 Å². The molecule has 0 bridgehead atoms. The molecule has 0 radical (unpaired) electrons. The fraction of sp³-hybridized carbons (Fsp3) is 0.459. The minimum Gasteiger partial charge on any atom is -0.344 e. The molecule has 0 aromatic heterocycles. The molecule has 4 rings (SSSR count). The van der Waals surface area contributed by atoms with Crippen LogP contribution < -0.4 is 10.6 Å². The number of nitrogens with one attached hydrogen (secondary N) is 2. The van der Waals surface area contributed by atoms with Crippen LogP contribution in [-0.2, 0) is 4.79 Å². The molecule has 4 heteroatoms. The molecule has 41 heavy (non-hydrogen) atoms. The molecule has 1 aliphatic rings. The lowest BCUT2D eigenvalue weighted by Gasteiger charge is -2.27. The van der Waals surface area contributed by atoms with E-state index in [9.17, 15) is 0 Å². The first-order valence-electron chi connectivity index (χ1n) is 15.6. The topological polar surface area (TPSA) is 53.5 Å². The predicted octanol–water partition coefficient (Wildman–Crippen LogP) is 10.5. The number of benzene rings is 3. The fourth-order valence-electron chi connectivity index (χ4n) is 4.29. The summed E-state index contributed by atoms with van der Waals surface area (Å²) in [6, 6.07) is 30.4. The largest absolute Gasteiger partial charge is 0.344 e. The fourth-order valence-corrected chi connectivity index (χ4v) is 4.29. The molecule has 0 aliphatic carbocycles. The van der Waals surface area contributed by atoms with Gasteiger partial charge in [-0.3, -0.25) is 4.99 Å². The van der Waals surface area contributed by atoms with E-state index in [4.69, 9.17) is 9.79 Å². The van der Waals surface area contributed by atoms with Gasteiger partial charge in [0.05, 0.1) is 6.04 Å². The number of unbranched alkanes of at least 4 members (excludes halogenated alkanes) is 2. The highest BCUT2D eigenvalue weighted by Gasteiger charge is 2.23. The van der Waals surface area contributed by atoms with E-state index in [0.717, 1.165) is 25.1 Å². The van der Waals surface area contributed by atoms with Gasteiger partial charge in [-0.2, -0.15) is 0 Å². The maximum Gasteiger partial charge on any atom is 0.106 e. The van der Waals surface area contributed by atoms with Crippen LogP contribution in [0.25, 0.3) is 0 Å². The first-order valence-corrected chi connectivity index (χ1v) is 15.6. The molecule has 1 aliphatic heterocycles. The number of hydrogen-bond acceptors (Lipinski definition) is 4. The van der Waals surface area contributed by atoms with Crippen molar-refractivity contribution in [2.24, 2.45) is 4.99 Å². The van der Waals surface area contributed by atoms with E-state index in [1.54, 1.807) is 0 Å². The second kappa shape index (κ2) is 28.3. The van der Waals surface area contributed by atoms with E-state index < -0.39 is 0 Å². The Morgan fingerprint density at radius 2 is 1.17 bits per heavy atom. The Morgan fingerprint density at radius 1 is 0.732 bits per heavy atom. The zero-order valence-corrected chi connectivity index (χ0v) is 27.5. The highest BCUT2D eigenvalue weighted by molar-refractivity contribution is 5.98. The van der Waals surface area contributed by atoms with Crippen molar-refractivity contribution < 1.29 is 4.79 Å². The molecule has 0 saturated heterocycles. The van der Waals surface area contributed by atoms with Gasteiger partial charge < -0.3 is 15.4 Å². The van der Waals surface area contributed by atoms with Gasteiger partial charge in [0.25, 0.3) is 0 Å². The number of aliphatic imine (C=N–C) groups is 1. The Kier molecular flexibility index (Phi) is 27.5. The molecule has 228 valence electrons. The number of anilines is 1. The van der Waals surface area contributed by atoms with Gasteiger partial charge in [0.2, 0.25) is 0 Å². The van der Waals surface area contributed by atoms with Crippen molar-refractivity contribution in [3.8, 4) is 0 Å². The molecule has 0 amide bonds. The highest BCUT2D eigenvalue weighted by Crippen LogP contribution is 2.36. The molecule has 3 aromatic carbocycles. The molecular weight excluding hydrogens is 502 g/mol. The summed E-state index contributed by atoms with van der Waals surface area (Å²) >= 11 is 0. The molecule has 1 atom stereocenters. The second-order valence-electron chi connectivity index (χ2n) is 9.02. The first-order chi connectivity index (χ1) is 20.2. The van der Waals surface area contributed by atoms with E-state index in [-0.39, 0.29) is 6.04 Å². The van der Waals surface area contributed by atoms with Crippen LogP contribution in [0.5, 0.6) is 0 Å². The van der Waals surface area contributed by atoms with E-state index in [1.807, 2.05) is 48.6 Å². The standard InChI is InChI=1S/C25H26N2.C5H12.C2H7N.2C2H6.CH2O/c1-2-11-23-21-16-9-10-17-24(21)27-25(26-23)18-22(19-12-5-3-6-13-19)20-14-7-4-8-15-20;1-3-5-4-2;1-3-2;3*1-2/h3-10,12-17,22-23H,2,11,18H2,1H3,(H,26,27);3-5H2,1-2H3;3H,1-2H3;2*1-2H3;1H2. The lowest BCUT2D eigenvalue weighted by Crippen LogP contribution is -2.23. The molecule has 4 nitrogen and oxygen atoms in total. The van der Waals surface area contributed by atoms with E-state index in [2.05, 4.69) is 116 Å². The van der Waals surface area contributed by atoms with Gasteiger partial charge in [-0.25, -0.2) is 0 Å². The third-order valence-electron chi connectivity index (χ3n) is 5.98. The monoisotopic (exact) mass is 561 g/mol. The first kappa shape index (κ1) is 39.9. The van der Waals surface area contributed by atoms with E-state index >= 15 is 0 Å². The Morgan fingerprint density at radius 3 is 1.59 bits per heavy atom. The van der Waals surface area contributed by atoms with Gasteiger partial charge >= 0.3 is 0 Å². The van der Waals surface area contributed by atoms with Gasteiger partial charge in [-0.05, 0) is 37.7 Å². The van der Waals surface area contributed by atoms with E-state index in [0.29, 0.717) is 5.92 Å². The summed E-state index contributed by atoms with van der Waals surface area (Å²) in [5, 5.41) is 6.36. The Balaban J connectivity index is 0. The maximum atomic E-state index is 8.00. The minimum absolute atomic E-state index is 0.259. The van der Waals surface area contributed by atoms with Crippen molar-refractivity contribution in [2.75, 3.05) is 19.4 Å². The average Bonchev–Trinajstić information content (AvgIpc) is 3.05. The molecule has 0 saturated carbocycles. The average molecular weight is 562 g/mol. The second-order valence-corrected chi connectivity index (χ2v) is 9.02. The summed E-state index contributed by atoms with van der Waals surface area (Å²) in [7, 11) is 3.75. The van der Waals surface area contributed by atoms with Crippen molar-refractivity contribution in [1.29, 1.82) is 0 Å². The van der Waals surface area contributed by atoms with Crippen molar-refractivity contribution in [2.45, 2.75) is 99.0 Å². The zero-order valence-electron chi connectivity index (χ0n) is 27.5. The smallest absolute Gasteiger partial charge is 0.106 e. The van der Waals surface area contributed by atoms with Crippen LogP contribution in [0.2, 0.25) is 0 Å². The maximum absolute atomic E-state index is 8.00. The molecule has 1 heterocycles. The van der Waals surface area contributed by atoms with E-state index in [1.165, 1.54) is 41.6 Å². The van der Waals surface area contributed by atoms with Gasteiger partial charge in [0.1, 0.15) is 12.6 Å². The quantitative estimate of drug-likeness (QED) is 0.288. The summed E-state index contributed by atoms with van der Waals surface area (Å²) in [5.74, 6) is 1.39. The van der Waals surface area contributed by atoms with Crippen molar-refractivity contribution in [3.05, 3.63) is 102 Å². The Hall–Kier alpha value is -3.24. The summed E-state index contributed by atoms with van der Waals surface area (Å²) in [5.41, 5.74) is 5.19. The third kappa shape index (κ3) is 16.0.